The van der Waals surface area contributed by atoms with E-state index in [1.165, 1.54) is 22.3 Å². The van der Waals surface area contributed by atoms with E-state index in [0.29, 0.717) is 10.6 Å². The van der Waals surface area contributed by atoms with E-state index in [4.69, 9.17) is 10.00 Å². The summed E-state index contributed by atoms with van der Waals surface area (Å²) in [6.45, 7) is 3.40. The first-order chi connectivity index (χ1) is 14.3. The summed E-state index contributed by atoms with van der Waals surface area (Å²) in [6.07, 6.45) is 1.63. The number of esters is 1. The number of likely N-dealkylation sites (N-methyl/N-ethyl adjacent to an activating group) is 1. The zero-order valence-electron chi connectivity index (χ0n) is 17.1. The Morgan fingerprint density at radius 2 is 1.93 bits per heavy atom. The first-order valence-electron chi connectivity index (χ1n) is 9.24. The van der Waals surface area contributed by atoms with Gasteiger partial charge in [0.1, 0.15) is 10.6 Å². The van der Waals surface area contributed by atoms with Crippen molar-refractivity contribution in [3.8, 4) is 17.2 Å². The van der Waals surface area contributed by atoms with Crippen LogP contribution in [-0.4, -0.2) is 42.9 Å². The van der Waals surface area contributed by atoms with E-state index >= 15 is 0 Å². The van der Waals surface area contributed by atoms with E-state index in [0.717, 1.165) is 11.1 Å². The fourth-order valence-corrected chi connectivity index (χ4v) is 3.51. The Kier molecular flexibility index (Phi) is 8.32. The Balaban J connectivity index is 2.26. The summed E-state index contributed by atoms with van der Waals surface area (Å²) in [5, 5.41) is 13.5. The number of carbonyl (C=O) groups is 3. The number of hydrogen-bond donors (Lipinski definition) is 1. The number of rotatable bonds is 8. The number of nitrogens with zero attached hydrogens (tertiary/aromatic N) is 2. The minimum atomic E-state index is -0.704. The van der Waals surface area contributed by atoms with Crippen molar-refractivity contribution in [2.24, 2.45) is 0 Å². The van der Waals surface area contributed by atoms with E-state index < -0.39 is 18.5 Å². The number of carbonyl (C=O) groups excluding carboxylic acids is 3. The number of ether oxygens (including phenoxy) is 1. The summed E-state index contributed by atoms with van der Waals surface area (Å²) in [4.78, 5) is 38.5. The van der Waals surface area contributed by atoms with Gasteiger partial charge in [0.2, 0.25) is 5.91 Å². The molecule has 0 aliphatic heterocycles. The molecule has 0 saturated carbocycles. The van der Waals surface area contributed by atoms with Crippen LogP contribution in [0.5, 0.6) is 0 Å². The van der Waals surface area contributed by atoms with Crippen LogP contribution in [0.1, 0.15) is 30.6 Å². The Bertz CT molecular complexity index is 986. The molecule has 7 nitrogen and oxygen atoms in total. The van der Waals surface area contributed by atoms with Gasteiger partial charge in [-0.15, -0.1) is 11.3 Å². The monoisotopic (exact) mass is 425 g/mol. The Labute approximate surface area is 179 Å². The largest absolute Gasteiger partial charge is 0.452 e. The van der Waals surface area contributed by atoms with Gasteiger partial charge in [0.05, 0.1) is 12.5 Å². The molecule has 2 rings (SSSR count). The highest BCUT2D eigenvalue weighted by Gasteiger charge is 2.24. The van der Waals surface area contributed by atoms with Crippen molar-refractivity contribution in [1.29, 1.82) is 5.26 Å². The first kappa shape index (κ1) is 22.8. The molecule has 0 atom stereocenters. The maximum atomic E-state index is 12.9. The average molecular weight is 426 g/mol. The lowest BCUT2D eigenvalue weighted by Crippen LogP contribution is -2.32. The van der Waals surface area contributed by atoms with Gasteiger partial charge in [0.15, 0.2) is 6.61 Å². The predicted molar refractivity (Wildman–Crippen MR) is 116 cm³/mol. The van der Waals surface area contributed by atoms with E-state index in [1.54, 1.807) is 26.3 Å². The van der Waals surface area contributed by atoms with Crippen LogP contribution in [0.4, 0.5) is 5.00 Å². The third-order valence-electron chi connectivity index (χ3n) is 4.05. The van der Waals surface area contributed by atoms with Crippen molar-refractivity contribution in [3.05, 3.63) is 52.9 Å². The number of allylic oxidation sites excluding steroid dienone is 1. The standard InChI is InChI=1S/C22H23N3O4S/c1-15(2)12-18(26)24-21-20(17(14-30-21)16-8-5-4-6-9-16)22(28)29-13-19(27)25(3)11-7-10-23/h4-6,8-9,12,14H,7,11,13H2,1-3H3,(H,24,26). The summed E-state index contributed by atoms with van der Waals surface area (Å²) < 4.78 is 5.24. The highest BCUT2D eigenvalue weighted by molar-refractivity contribution is 7.15. The van der Waals surface area contributed by atoms with Crippen molar-refractivity contribution >= 4 is 34.1 Å². The quantitative estimate of drug-likeness (QED) is 0.512. The molecule has 1 aromatic carbocycles. The lowest BCUT2D eigenvalue weighted by molar-refractivity contribution is -0.133. The molecule has 0 fully saturated rings. The van der Waals surface area contributed by atoms with Crippen molar-refractivity contribution < 1.29 is 19.1 Å². The zero-order valence-corrected chi connectivity index (χ0v) is 17.9. The van der Waals surface area contributed by atoms with E-state index in [-0.39, 0.29) is 24.4 Å². The molecule has 2 aromatic rings. The molecular formula is C22H23N3O4S. The number of thiophene rings is 1. The van der Waals surface area contributed by atoms with Crippen molar-refractivity contribution in [2.45, 2.75) is 20.3 Å². The van der Waals surface area contributed by atoms with Crippen molar-refractivity contribution in [1.82, 2.24) is 4.90 Å². The van der Waals surface area contributed by atoms with Gasteiger partial charge >= 0.3 is 5.97 Å². The van der Waals surface area contributed by atoms with E-state index in [2.05, 4.69) is 5.32 Å². The summed E-state index contributed by atoms with van der Waals surface area (Å²) >= 11 is 1.21. The molecule has 0 unspecified atom stereocenters. The van der Waals surface area contributed by atoms with Crippen molar-refractivity contribution in [3.63, 3.8) is 0 Å². The molecule has 1 N–H and O–H groups in total. The number of hydrogen-bond acceptors (Lipinski definition) is 6. The van der Waals surface area contributed by atoms with Gasteiger partial charge in [-0.3, -0.25) is 9.59 Å². The molecule has 0 spiro atoms. The zero-order chi connectivity index (χ0) is 22.1. The molecule has 0 aliphatic carbocycles. The van der Waals surface area contributed by atoms with Crippen molar-refractivity contribution in [2.75, 3.05) is 25.5 Å². The predicted octanol–water partition coefficient (Wildman–Crippen LogP) is 3.85. The van der Waals surface area contributed by atoms with Crippen LogP contribution in [0.2, 0.25) is 0 Å². The number of benzene rings is 1. The minimum absolute atomic E-state index is 0.194. The van der Waals surface area contributed by atoms with Gasteiger partial charge in [0, 0.05) is 30.6 Å². The van der Waals surface area contributed by atoms with Crippen LogP contribution in [0.25, 0.3) is 11.1 Å². The van der Waals surface area contributed by atoms with Crippen LogP contribution in [0.3, 0.4) is 0 Å². The Morgan fingerprint density at radius 1 is 1.23 bits per heavy atom. The molecule has 0 radical (unpaired) electrons. The van der Waals surface area contributed by atoms with Crippen LogP contribution < -0.4 is 5.32 Å². The second-order valence-electron chi connectivity index (χ2n) is 6.73. The molecule has 0 aliphatic rings. The van der Waals surface area contributed by atoms with Gasteiger partial charge in [-0.25, -0.2) is 4.79 Å². The van der Waals surface area contributed by atoms with Gasteiger partial charge < -0.3 is 15.0 Å². The smallest absolute Gasteiger partial charge is 0.342 e. The summed E-state index contributed by atoms with van der Waals surface area (Å²) in [6, 6.07) is 11.2. The molecule has 1 aromatic heterocycles. The van der Waals surface area contributed by atoms with E-state index in [1.807, 2.05) is 36.4 Å². The number of amides is 2. The van der Waals surface area contributed by atoms with Gasteiger partial charge in [-0.05, 0) is 19.4 Å². The maximum Gasteiger partial charge on any atom is 0.342 e. The second-order valence-corrected chi connectivity index (χ2v) is 7.61. The summed E-state index contributed by atoms with van der Waals surface area (Å²) in [5.41, 5.74) is 2.43. The molecule has 0 bridgehead atoms. The number of anilines is 1. The molecule has 2 amide bonds. The Hall–Kier alpha value is -3.44. The average Bonchev–Trinajstić information content (AvgIpc) is 3.13. The van der Waals surface area contributed by atoms with Crippen LogP contribution in [0, 0.1) is 11.3 Å². The molecule has 1 heterocycles. The van der Waals surface area contributed by atoms with Crippen LogP contribution >= 0.6 is 11.3 Å². The normalized spacial score (nSPS) is 9.93. The summed E-state index contributed by atoms with van der Waals surface area (Å²) in [7, 11) is 1.54. The lowest BCUT2D eigenvalue weighted by Gasteiger charge is -2.15. The third kappa shape index (κ3) is 6.29. The molecular weight excluding hydrogens is 402 g/mol. The van der Waals surface area contributed by atoms with Gasteiger partial charge in [-0.1, -0.05) is 35.9 Å². The first-order valence-corrected chi connectivity index (χ1v) is 10.1. The molecule has 0 saturated heterocycles. The number of nitrogens with one attached hydrogen (secondary N) is 1. The molecule has 30 heavy (non-hydrogen) atoms. The van der Waals surface area contributed by atoms with Crippen LogP contribution in [0.15, 0.2) is 47.4 Å². The van der Waals surface area contributed by atoms with Crippen LogP contribution in [-0.2, 0) is 14.3 Å². The SMILES string of the molecule is CC(C)=CC(=O)Nc1scc(-c2ccccc2)c1C(=O)OCC(=O)N(C)CCC#N. The number of nitriles is 1. The van der Waals surface area contributed by atoms with Gasteiger partial charge in [0.25, 0.3) is 5.91 Å². The lowest BCUT2D eigenvalue weighted by atomic mass is 10.0. The minimum Gasteiger partial charge on any atom is -0.452 e. The summed E-state index contributed by atoms with van der Waals surface area (Å²) in [5.74, 6) is -1.47. The molecule has 156 valence electrons. The third-order valence-corrected chi connectivity index (χ3v) is 4.94. The maximum absolute atomic E-state index is 12.9. The fourth-order valence-electron chi connectivity index (χ4n) is 2.54. The Morgan fingerprint density at radius 3 is 2.57 bits per heavy atom. The van der Waals surface area contributed by atoms with Gasteiger partial charge in [-0.2, -0.15) is 5.26 Å². The fraction of sp³-hybridized carbons (Fsp3) is 0.273. The topological polar surface area (TPSA) is 99.5 Å². The highest BCUT2D eigenvalue weighted by Crippen LogP contribution is 2.36. The van der Waals surface area contributed by atoms with E-state index in [9.17, 15) is 14.4 Å². The molecule has 8 heteroatoms. The highest BCUT2D eigenvalue weighted by atomic mass is 32.1. The second kappa shape index (κ2) is 10.9.